The van der Waals surface area contributed by atoms with Crippen LogP contribution >= 0.6 is 11.6 Å². The molecule has 1 aromatic carbocycles. The number of imidazole rings is 1. The van der Waals surface area contributed by atoms with Gasteiger partial charge in [0.15, 0.2) is 0 Å². The standard InChI is InChI=1S/C14H15ClN4O/c15-12-2-1-3-13(10-12)17-6-8-18(9-7-17)14(20)19-5-4-16-11-19/h1-5,10-11H,6-9H2. The summed E-state index contributed by atoms with van der Waals surface area (Å²) in [5, 5.41) is 0.736. The number of benzene rings is 1. The summed E-state index contributed by atoms with van der Waals surface area (Å²) in [4.78, 5) is 20.1. The van der Waals surface area contributed by atoms with E-state index >= 15 is 0 Å². The van der Waals surface area contributed by atoms with Crippen LogP contribution in [-0.4, -0.2) is 46.7 Å². The van der Waals surface area contributed by atoms with Crippen LogP contribution < -0.4 is 4.90 Å². The zero-order valence-electron chi connectivity index (χ0n) is 10.9. The number of carbonyl (C=O) groups excluding carboxylic acids is 1. The lowest BCUT2D eigenvalue weighted by Crippen LogP contribution is -2.49. The number of amides is 1. The summed E-state index contributed by atoms with van der Waals surface area (Å²) in [6.45, 7) is 3.01. The van der Waals surface area contributed by atoms with Crippen molar-refractivity contribution in [2.75, 3.05) is 31.1 Å². The highest BCUT2D eigenvalue weighted by Gasteiger charge is 2.22. The number of carbonyl (C=O) groups is 1. The molecule has 20 heavy (non-hydrogen) atoms. The number of rotatable bonds is 1. The lowest BCUT2D eigenvalue weighted by Gasteiger charge is -2.36. The molecule has 1 fully saturated rings. The second kappa shape index (κ2) is 5.54. The van der Waals surface area contributed by atoms with E-state index < -0.39 is 0 Å². The van der Waals surface area contributed by atoms with Crippen molar-refractivity contribution in [3.05, 3.63) is 48.0 Å². The van der Waals surface area contributed by atoms with E-state index in [1.165, 1.54) is 10.9 Å². The van der Waals surface area contributed by atoms with Crippen LogP contribution in [0.2, 0.25) is 5.02 Å². The SMILES string of the molecule is O=C(N1CCN(c2cccc(Cl)c2)CC1)n1ccnc1. The first-order valence-corrected chi connectivity index (χ1v) is 6.89. The smallest absolute Gasteiger partial charge is 0.329 e. The van der Waals surface area contributed by atoms with E-state index in [4.69, 9.17) is 11.6 Å². The van der Waals surface area contributed by atoms with Crippen molar-refractivity contribution in [3.8, 4) is 0 Å². The minimum absolute atomic E-state index is 0.0201. The highest BCUT2D eigenvalue weighted by molar-refractivity contribution is 6.30. The molecule has 1 amide bonds. The Morgan fingerprint density at radius 2 is 2.00 bits per heavy atom. The highest BCUT2D eigenvalue weighted by Crippen LogP contribution is 2.20. The predicted octanol–water partition coefficient (Wildman–Crippen LogP) is 2.33. The molecule has 1 saturated heterocycles. The molecule has 1 aliphatic heterocycles. The third kappa shape index (κ3) is 2.63. The highest BCUT2D eigenvalue weighted by atomic mass is 35.5. The number of halogens is 1. The van der Waals surface area contributed by atoms with Gasteiger partial charge < -0.3 is 9.80 Å². The van der Waals surface area contributed by atoms with E-state index in [1.807, 2.05) is 29.2 Å². The molecule has 0 aliphatic carbocycles. The molecule has 0 bridgehead atoms. The summed E-state index contributed by atoms with van der Waals surface area (Å²) in [5.41, 5.74) is 1.10. The van der Waals surface area contributed by atoms with Gasteiger partial charge in [-0.05, 0) is 18.2 Å². The van der Waals surface area contributed by atoms with Crippen molar-refractivity contribution < 1.29 is 4.79 Å². The molecule has 0 atom stereocenters. The van der Waals surface area contributed by atoms with Gasteiger partial charge in [-0.3, -0.25) is 4.57 Å². The van der Waals surface area contributed by atoms with Crippen LogP contribution in [0.5, 0.6) is 0 Å². The van der Waals surface area contributed by atoms with E-state index in [1.54, 1.807) is 12.4 Å². The van der Waals surface area contributed by atoms with Gasteiger partial charge in [0.2, 0.25) is 0 Å². The number of hydrogen-bond acceptors (Lipinski definition) is 3. The van der Waals surface area contributed by atoms with Crippen LogP contribution in [0, 0.1) is 0 Å². The largest absolute Gasteiger partial charge is 0.368 e. The second-order valence-electron chi connectivity index (χ2n) is 4.71. The Bertz CT molecular complexity index is 591. The summed E-state index contributed by atoms with van der Waals surface area (Å²) < 4.78 is 1.51. The minimum Gasteiger partial charge on any atom is -0.368 e. The zero-order chi connectivity index (χ0) is 13.9. The predicted molar refractivity (Wildman–Crippen MR) is 78.3 cm³/mol. The van der Waals surface area contributed by atoms with E-state index in [-0.39, 0.29) is 6.03 Å². The molecule has 0 spiro atoms. The molecule has 5 nitrogen and oxygen atoms in total. The van der Waals surface area contributed by atoms with E-state index in [0.29, 0.717) is 13.1 Å². The number of nitrogens with zero attached hydrogens (tertiary/aromatic N) is 4. The second-order valence-corrected chi connectivity index (χ2v) is 5.14. The van der Waals surface area contributed by atoms with Crippen molar-refractivity contribution in [1.29, 1.82) is 0 Å². The molecular formula is C14H15ClN4O. The lowest BCUT2D eigenvalue weighted by atomic mass is 10.2. The Labute approximate surface area is 122 Å². The molecule has 1 aliphatic rings. The van der Waals surface area contributed by atoms with Crippen molar-refractivity contribution in [1.82, 2.24) is 14.5 Å². The molecule has 6 heteroatoms. The fraction of sp³-hybridized carbons (Fsp3) is 0.286. The first-order valence-electron chi connectivity index (χ1n) is 6.52. The molecule has 0 radical (unpaired) electrons. The summed E-state index contributed by atoms with van der Waals surface area (Å²) in [5.74, 6) is 0. The van der Waals surface area contributed by atoms with Gasteiger partial charge in [-0.15, -0.1) is 0 Å². The van der Waals surface area contributed by atoms with Crippen LogP contribution in [0.1, 0.15) is 0 Å². The molecule has 1 aromatic heterocycles. The Morgan fingerprint density at radius 1 is 1.20 bits per heavy atom. The van der Waals surface area contributed by atoms with Gasteiger partial charge >= 0.3 is 6.03 Å². The maximum Gasteiger partial charge on any atom is 0.329 e. The zero-order valence-corrected chi connectivity index (χ0v) is 11.7. The topological polar surface area (TPSA) is 41.4 Å². The molecule has 2 aromatic rings. The van der Waals surface area contributed by atoms with Crippen molar-refractivity contribution in [2.45, 2.75) is 0 Å². The summed E-state index contributed by atoms with van der Waals surface area (Å²) in [6.07, 6.45) is 4.82. The Kier molecular flexibility index (Phi) is 3.60. The average Bonchev–Trinajstić information content (AvgIpc) is 3.01. The maximum atomic E-state index is 12.2. The van der Waals surface area contributed by atoms with Crippen LogP contribution in [0.4, 0.5) is 10.5 Å². The molecule has 3 rings (SSSR count). The fourth-order valence-corrected chi connectivity index (χ4v) is 2.55. The summed E-state index contributed by atoms with van der Waals surface area (Å²) in [6, 6.07) is 7.78. The quantitative estimate of drug-likeness (QED) is 0.809. The van der Waals surface area contributed by atoms with E-state index in [0.717, 1.165) is 23.8 Å². The van der Waals surface area contributed by atoms with Gasteiger partial charge in [0, 0.05) is 49.3 Å². The van der Waals surface area contributed by atoms with Crippen molar-refractivity contribution in [3.63, 3.8) is 0 Å². The van der Waals surface area contributed by atoms with Crippen LogP contribution in [0.25, 0.3) is 0 Å². The van der Waals surface area contributed by atoms with E-state index in [2.05, 4.69) is 9.88 Å². The maximum absolute atomic E-state index is 12.2. The number of aromatic nitrogens is 2. The normalized spacial score (nSPS) is 15.4. The van der Waals surface area contributed by atoms with Crippen LogP contribution in [0.15, 0.2) is 43.0 Å². The summed E-state index contributed by atoms with van der Waals surface area (Å²) >= 11 is 6.01. The molecule has 0 unspecified atom stereocenters. The minimum atomic E-state index is -0.0201. The molecular weight excluding hydrogens is 276 g/mol. The van der Waals surface area contributed by atoms with Crippen LogP contribution in [0.3, 0.4) is 0 Å². The van der Waals surface area contributed by atoms with Gasteiger partial charge in [-0.2, -0.15) is 0 Å². The number of hydrogen-bond donors (Lipinski definition) is 0. The van der Waals surface area contributed by atoms with Gasteiger partial charge in [-0.25, -0.2) is 9.78 Å². The third-order valence-electron chi connectivity index (χ3n) is 3.45. The van der Waals surface area contributed by atoms with Gasteiger partial charge in [0.1, 0.15) is 6.33 Å². The molecule has 104 valence electrons. The monoisotopic (exact) mass is 290 g/mol. The lowest BCUT2D eigenvalue weighted by molar-refractivity contribution is 0.196. The first kappa shape index (κ1) is 13.0. The van der Waals surface area contributed by atoms with Crippen molar-refractivity contribution >= 4 is 23.3 Å². The molecule has 2 heterocycles. The van der Waals surface area contributed by atoms with Crippen molar-refractivity contribution in [2.24, 2.45) is 0 Å². The Hall–Kier alpha value is -2.01. The van der Waals surface area contributed by atoms with Gasteiger partial charge in [-0.1, -0.05) is 17.7 Å². The fourth-order valence-electron chi connectivity index (χ4n) is 2.36. The third-order valence-corrected chi connectivity index (χ3v) is 3.68. The number of anilines is 1. The van der Waals surface area contributed by atoms with Crippen LogP contribution in [-0.2, 0) is 0 Å². The van der Waals surface area contributed by atoms with E-state index in [9.17, 15) is 4.79 Å². The van der Waals surface area contributed by atoms with Gasteiger partial charge in [0.05, 0.1) is 0 Å². The Morgan fingerprint density at radius 3 is 2.65 bits per heavy atom. The summed E-state index contributed by atoms with van der Waals surface area (Å²) in [7, 11) is 0. The molecule has 0 N–H and O–H groups in total. The van der Waals surface area contributed by atoms with Gasteiger partial charge in [0.25, 0.3) is 0 Å². The average molecular weight is 291 g/mol. The number of piperazine rings is 1. The Balaban J connectivity index is 1.64. The molecule has 0 saturated carbocycles. The first-order chi connectivity index (χ1) is 9.74.